The van der Waals surface area contributed by atoms with Gasteiger partial charge in [-0.05, 0) is 24.5 Å². The standard InChI is InChI=1S/C14H19N3O2/c1-11(18)17(10-12-3-2-7-15-9-12)8-6-14(19)16-13-4-5-13/h2-3,7,9,13H,4-6,8,10H2,1H3,(H,16,19). The second kappa shape index (κ2) is 6.31. The summed E-state index contributed by atoms with van der Waals surface area (Å²) in [7, 11) is 0. The van der Waals surface area contributed by atoms with E-state index in [9.17, 15) is 9.59 Å². The molecule has 0 saturated heterocycles. The van der Waals surface area contributed by atoms with Gasteiger partial charge in [0.2, 0.25) is 11.8 Å². The molecule has 2 amide bonds. The predicted molar refractivity (Wildman–Crippen MR) is 71.1 cm³/mol. The predicted octanol–water partition coefficient (Wildman–Crippen LogP) is 1.10. The van der Waals surface area contributed by atoms with Gasteiger partial charge in [0, 0.05) is 44.9 Å². The summed E-state index contributed by atoms with van der Waals surface area (Å²) in [6, 6.07) is 4.14. The van der Waals surface area contributed by atoms with Crippen LogP contribution in [0.15, 0.2) is 24.5 Å². The number of nitrogens with one attached hydrogen (secondary N) is 1. The largest absolute Gasteiger partial charge is 0.353 e. The molecule has 0 spiro atoms. The van der Waals surface area contributed by atoms with Crippen molar-refractivity contribution in [1.82, 2.24) is 15.2 Å². The van der Waals surface area contributed by atoms with Crippen molar-refractivity contribution in [3.63, 3.8) is 0 Å². The van der Waals surface area contributed by atoms with E-state index in [1.54, 1.807) is 17.3 Å². The Morgan fingerprint density at radius 3 is 2.84 bits per heavy atom. The normalized spacial score (nSPS) is 13.9. The van der Waals surface area contributed by atoms with E-state index < -0.39 is 0 Å². The van der Waals surface area contributed by atoms with E-state index in [-0.39, 0.29) is 11.8 Å². The van der Waals surface area contributed by atoms with E-state index in [1.165, 1.54) is 6.92 Å². The van der Waals surface area contributed by atoms with Gasteiger partial charge in [-0.1, -0.05) is 6.07 Å². The van der Waals surface area contributed by atoms with Crippen LogP contribution in [0.2, 0.25) is 0 Å². The molecule has 0 bridgehead atoms. The van der Waals surface area contributed by atoms with Crippen molar-refractivity contribution in [2.75, 3.05) is 6.54 Å². The first-order valence-electron chi connectivity index (χ1n) is 6.59. The third kappa shape index (κ3) is 4.69. The molecule has 5 heteroatoms. The summed E-state index contributed by atoms with van der Waals surface area (Å²) < 4.78 is 0. The Hall–Kier alpha value is -1.91. The molecule has 1 saturated carbocycles. The number of amides is 2. The fraction of sp³-hybridized carbons (Fsp3) is 0.500. The molecular weight excluding hydrogens is 242 g/mol. The Kier molecular flexibility index (Phi) is 4.49. The average Bonchev–Trinajstić information content (AvgIpc) is 3.19. The summed E-state index contributed by atoms with van der Waals surface area (Å²) in [6.07, 6.45) is 5.96. The number of hydrogen-bond acceptors (Lipinski definition) is 3. The zero-order chi connectivity index (χ0) is 13.7. The smallest absolute Gasteiger partial charge is 0.221 e. The Balaban J connectivity index is 1.82. The monoisotopic (exact) mass is 261 g/mol. The molecule has 2 rings (SSSR count). The van der Waals surface area contributed by atoms with Crippen LogP contribution < -0.4 is 5.32 Å². The van der Waals surface area contributed by atoms with E-state index in [4.69, 9.17) is 0 Å². The minimum Gasteiger partial charge on any atom is -0.353 e. The van der Waals surface area contributed by atoms with Crippen LogP contribution in [0.25, 0.3) is 0 Å². The first-order chi connectivity index (χ1) is 9.15. The number of hydrogen-bond donors (Lipinski definition) is 1. The lowest BCUT2D eigenvalue weighted by molar-refractivity contribution is -0.130. The number of aromatic nitrogens is 1. The van der Waals surface area contributed by atoms with Gasteiger partial charge in [-0.2, -0.15) is 0 Å². The van der Waals surface area contributed by atoms with Crippen molar-refractivity contribution in [3.8, 4) is 0 Å². The number of rotatable bonds is 6. The highest BCUT2D eigenvalue weighted by molar-refractivity contribution is 5.78. The van der Waals surface area contributed by atoms with Gasteiger partial charge in [-0.25, -0.2) is 0 Å². The molecule has 1 N–H and O–H groups in total. The average molecular weight is 261 g/mol. The maximum atomic E-state index is 11.6. The lowest BCUT2D eigenvalue weighted by atomic mass is 10.2. The summed E-state index contributed by atoms with van der Waals surface area (Å²) in [5.41, 5.74) is 0.973. The van der Waals surface area contributed by atoms with Gasteiger partial charge >= 0.3 is 0 Å². The Bertz CT molecular complexity index is 443. The second-order valence-corrected chi connectivity index (χ2v) is 4.89. The van der Waals surface area contributed by atoms with Gasteiger partial charge in [0.1, 0.15) is 0 Å². The van der Waals surface area contributed by atoms with Crippen LogP contribution in [0.5, 0.6) is 0 Å². The van der Waals surface area contributed by atoms with Crippen LogP contribution in [-0.4, -0.2) is 34.3 Å². The van der Waals surface area contributed by atoms with Crippen LogP contribution in [0.3, 0.4) is 0 Å². The first-order valence-corrected chi connectivity index (χ1v) is 6.59. The van der Waals surface area contributed by atoms with Crippen molar-refractivity contribution in [3.05, 3.63) is 30.1 Å². The van der Waals surface area contributed by atoms with E-state index in [0.29, 0.717) is 25.6 Å². The highest BCUT2D eigenvalue weighted by Crippen LogP contribution is 2.18. The molecule has 0 atom stereocenters. The van der Waals surface area contributed by atoms with Crippen LogP contribution in [0, 0.1) is 0 Å². The maximum absolute atomic E-state index is 11.6. The Morgan fingerprint density at radius 2 is 2.26 bits per heavy atom. The summed E-state index contributed by atoms with van der Waals surface area (Å²) in [6.45, 7) is 2.47. The zero-order valence-corrected chi connectivity index (χ0v) is 11.1. The maximum Gasteiger partial charge on any atom is 0.221 e. The number of nitrogens with zero attached hydrogens (tertiary/aromatic N) is 2. The highest BCUT2D eigenvalue weighted by Gasteiger charge is 2.23. The summed E-state index contributed by atoms with van der Waals surface area (Å²) in [4.78, 5) is 28.9. The topological polar surface area (TPSA) is 62.3 Å². The van der Waals surface area contributed by atoms with Gasteiger partial charge in [0.15, 0.2) is 0 Å². The number of pyridine rings is 1. The number of carbonyl (C=O) groups is 2. The van der Waals surface area contributed by atoms with Gasteiger partial charge in [-0.3, -0.25) is 14.6 Å². The Labute approximate surface area is 113 Å². The fourth-order valence-corrected chi connectivity index (χ4v) is 1.82. The molecule has 0 aliphatic heterocycles. The van der Waals surface area contributed by atoms with Gasteiger partial charge < -0.3 is 10.2 Å². The summed E-state index contributed by atoms with van der Waals surface area (Å²) in [5.74, 6) is 0.00279. The van der Waals surface area contributed by atoms with E-state index in [2.05, 4.69) is 10.3 Å². The van der Waals surface area contributed by atoms with Crippen molar-refractivity contribution in [2.24, 2.45) is 0 Å². The van der Waals surface area contributed by atoms with Crippen LogP contribution in [0.1, 0.15) is 31.7 Å². The third-order valence-electron chi connectivity index (χ3n) is 3.09. The quantitative estimate of drug-likeness (QED) is 0.834. The summed E-state index contributed by atoms with van der Waals surface area (Å²) >= 11 is 0. The third-order valence-corrected chi connectivity index (χ3v) is 3.09. The molecule has 1 aliphatic rings. The fourth-order valence-electron chi connectivity index (χ4n) is 1.82. The van der Waals surface area contributed by atoms with Crippen LogP contribution in [0.4, 0.5) is 0 Å². The van der Waals surface area contributed by atoms with Crippen LogP contribution in [-0.2, 0) is 16.1 Å². The minimum atomic E-state index is -0.0249. The van der Waals surface area contributed by atoms with Crippen molar-refractivity contribution in [1.29, 1.82) is 0 Å². The van der Waals surface area contributed by atoms with Crippen LogP contribution >= 0.6 is 0 Å². The van der Waals surface area contributed by atoms with E-state index >= 15 is 0 Å². The molecule has 1 aromatic heterocycles. The highest BCUT2D eigenvalue weighted by atomic mass is 16.2. The Morgan fingerprint density at radius 1 is 1.47 bits per heavy atom. The molecule has 19 heavy (non-hydrogen) atoms. The van der Waals surface area contributed by atoms with E-state index in [0.717, 1.165) is 18.4 Å². The molecule has 0 aromatic carbocycles. The molecule has 102 valence electrons. The molecular formula is C14H19N3O2. The van der Waals surface area contributed by atoms with Gasteiger partial charge in [0.25, 0.3) is 0 Å². The number of carbonyl (C=O) groups excluding carboxylic acids is 2. The SMILES string of the molecule is CC(=O)N(CCC(=O)NC1CC1)Cc1cccnc1. The van der Waals surface area contributed by atoms with Gasteiger partial charge in [0.05, 0.1) is 0 Å². The minimum absolute atomic E-state index is 0.0249. The van der Waals surface area contributed by atoms with E-state index in [1.807, 2.05) is 12.1 Å². The van der Waals surface area contributed by atoms with Crippen molar-refractivity contribution < 1.29 is 9.59 Å². The zero-order valence-electron chi connectivity index (χ0n) is 11.1. The molecule has 0 unspecified atom stereocenters. The molecule has 1 fully saturated rings. The molecule has 0 radical (unpaired) electrons. The molecule has 1 aliphatic carbocycles. The van der Waals surface area contributed by atoms with Crippen molar-refractivity contribution in [2.45, 2.75) is 38.8 Å². The summed E-state index contributed by atoms with van der Waals surface area (Å²) in [5, 5.41) is 2.92. The molecule has 5 nitrogen and oxygen atoms in total. The molecule has 1 aromatic rings. The first kappa shape index (κ1) is 13.5. The van der Waals surface area contributed by atoms with Gasteiger partial charge in [-0.15, -0.1) is 0 Å². The second-order valence-electron chi connectivity index (χ2n) is 4.89. The molecule has 1 heterocycles. The lowest BCUT2D eigenvalue weighted by Gasteiger charge is -2.20. The van der Waals surface area contributed by atoms with Crippen molar-refractivity contribution >= 4 is 11.8 Å². The lowest BCUT2D eigenvalue weighted by Crippen LogP contribution is -2.34.